The third kappa shape index (κ3) is 4.81. The number of aliphatic hydroxyl groups is 1. The Labute approximate surface area is 201 Å². The van der Waals surface area contributed by atoms with Gasteiger partial charge in [0.05, 0.1) is 12.6 Å². The Morgan fingerprint density at radius 3 is 2.32 bits per heavy atom. The van der Waals surface area contributed by atoms with Crippen LogP contribution >= 0.6 is 0 Å². The maximum absolute atomic E-state index is 14.0. The summed E-state index contributed by atoms with van der Waals surface area (Å²) in [5.41, 5.74) is 1.68. The Hall–Kier alpha value is -2.90. The summed E-state index contributed by atoms with van der Waals surface area (Å²) in [6, 6.07) is 17.2. The predicted molar refractivity (Wildman–Crippen MR) is 130 cm³/mol. The van der Waals surface area contributed by atoms with E-state index in [1.165, 1.54) is 5.56 Å². The molecule has 0 bridgehead atoms. The maximum Gasteiger partial charge on any atom is 0.410 e. The van der Waals surface area contributed by atoms with Crippen LogP contribution in [0, 0.1) is 0 Å². The SMILES string of the molecule is CC(C)(C)OC(=O)N1CCN([C@@]2(C(=O)N[C@H](CO)c3ccccc3)CCc3ccccc32)CC1. The predicted octanol–water partition coefficient (Wildman–Crippen LogP) is 3.23. The highest BCUT2D eigenvalue weighted by Gasteiger charge is 2.51. The zero-order chi connectivity index (χ0) is 24.3. The molecule has 7 nitrogen and oxygen atoms in total. The number of nitrogens with one attached hydrogen (secondary N) is 1. The van der Waals surface area contributed by atoms with E-state index < -0.39 is 17.2 Å². The lowest BCUT2D eigenvalue weighted by Gasteiger charge is -2.45. The van der Waals surface area contributed by atoms with E-state index in [1.54, 1.807) is 4.90 Å². The molecule has 34 heavy (non-hydrogen) atoms. The highest BCUT2D eigenvalue weighted by atomic mass is 16.6. The molecule has 1 heterocycles. The van der Waals surface area contributed by atoms with Crippen molar-refractivity contribution in [1.82, 2.24) is 15.1 Å². The molecule has 1 fully saturated rings. The van der Waals surface area contributed by atoms with Gasteiger partial charge >= 0.3 is 6.09 Å². The lowest BCUT2D eigenvalue weighted by Crippen LogP contribution is -2.61. The number of carbonyl (C=O) groups excluding carboxylic acids is 2. The van der Waals surface area contributed by atoms with Crippen molar-refractivity contribution >= 4 is 12.0 Å². The summed E-state index contributed by atoms with van der Waals surface area (Å²) in [7, 11) is 0. The zero-order valence-electron chi connectivity index (χ0n) is 20.3. The van der Waals surface area contributed by atoms with Crippen molar-refractivity contribution in [3.63, 3.8) is 0 Å². The summed E-state index contributed by atoms with van der Waals surface area (Å²) in [5.74, 6) is -0.105. The number of aliphatic hydroxyl groups excluding tert-OH is 1. The second-order valence-electron chi connectivity index (χ2n) is 10.1. The van der Waals surface area contributed by atoms with E-state index in [4.69, 9.17) is 4.74 Å². The van der Waals surface area contributed by atoms with Crippen LogP contribution in [0.15, 0.2) is 54.6 Å². The van der Waals surface area contributed by atoms with E-state index in [0.717, 1.165) is 17.5 Å². The first kappa shape index (κ1) is 24.2. The smallest absolute Gasteiger partial charge is 0.410 e. The van der Waals surface area contributed by atoms with Gasteiger partial charge in [-0.3, -0.25) is 9.69 Å². The first-order valence-electron chi connectivity index (χ1n) is 12.0. The van der Waals surface area contributed by atoms with Crippen LogP contribution in [0.25, 0.3) is 0 Å². The molecule has 0 aromatic heterocycles. The van der Waals surface area contributed by atoms with Gasteiger partial charge in [0.25, 0.3) is 0 Å². The molecule has 0 radical (unpaired) electrons. The number of fused-ring (bicyclic) bond motifs is 1. The highest BCUT2D eigenvalue weighted by molar-refractivity contribution is 5.89. The lowest BCUT2D eigenvalue weighted by molar-refractivity contribution is -0.137. The van der Waals surface area contributed by atoms with E-state index in [9.17, 15) is 14.7 Å². The van der Waals surface area contributed by atoms with Crippen molar-refractivity contribution in [2.45, 2.75) is 50.8 Å². The van der Waals surface area contributed by atoms with Gasteiger partial charge in [-0.05, 0) is 50.3 Å². The van der Waals surface area contributed by atoms with Crippen molar-refractivity contribution < 1.29 is 19.4 Å². The van der Waals surface area contributed by atoms with Crippen LogP contribution in [0.1, 0.15) is 49.9 Å². The van der Waals surface area contributed by atoms with Gasteiger partial charge in [-0.15, -0.1) is 0 Å². The Kier molecular flexibility index (Phi) is 6.96. The number of rotatable bonds is 5. The van der Waals surface area contributed by atoms with Crippen molar-refractivity contribution in [2.24, 2.45) is 0 Å². The van der Waals surface area contributed by atoms with Crippen LogP contribution in [0.2, 0.25) is 0 Å². The van der Waals surface area contributed by atoms with E-state index in [0.29, 0.717) is 32.6 Å². The van der Waals surface area contributed by atoms with Crippen molar-refractivity contribution in [1.29, 1.82) is 0 Å². The monoisotopic (exact) mass is 465 g/mol. The minimum Gasteiger partial charge on any atom is -0.444 e. The maximum atomic E-state index is 14.0. The van der Waals surface area contributed by atoms with Gasteiger partial charge in [-0.2, -0.15) is 0 Å². The quantitative estimate of drug-likeness (QED) is 0.709. The fourth-order valence-electron chi connectivity index (χ4n) is 5.09. The molecule has 2 aliphatic rings. The molecule has 2 amide bonds. The van der Waals surface area contributed by atoms with Crippen LogP contribution in [0.4, 0.5) is 4.79 Å². The van der Waals surface area contributed by atoms with Gasteiger partial charge in [0.15, 0.2) is 0 Å². The molecule has 1 saturated heterocycles. The normalized spacial score (nSPS) is 21.6. The average molecular weight is 466 g/mol. The first-order chi connectivity index (χ1) is 16.2. The van der Waals surface area contributed by atoms with Crippen LogP contribution < -0.4 is 5.32 Å². The summed E-state index contributed by atoms with van der Waals surface area (Å²) in [5, 5.41) is 13.2. The van der Waals surface area contributed by atoms with Crippen molar-refractivity contribution in [3.8, 4) is 0 Å². The number of aryl methyl sites for hydroxylation is 1. The number of hydrogen-bond acceptors (Lipinski definition) is 5. The molecule has 7 heteroatoms. The van der Waals surface area contributed by atoms with Gasteiger partial charge in [-0.25, -0.2) is 4.79 Å². The summed E-state index contributed by atoms with van der Waals surface area (Å²) in [4.78, 5) is 30.5. The number of hydrogen-bond donors (Lipinski definition) is 2. The summed E-state index contributed by atoms with van der Waals surface area (Å²) >= 11 is 0. The van der Waals surface area contributed by atoms with Crippen LogP contribution in [0.5, 0.6) is 0 Å². The minimum atomic E-state index is -0.835. The van der Waals surface area contributed by atoms with Crippen molar-refractivity contribution in [2.75, 3.05) is 32.8 Å². The number of ether oxygens (including phenoxy) is 1. The Bertz CT molecular complexity index is 1010. The second-order valence-corrected chi connectivity index (χ2v) is 10.1. The van der Waals surface area contributed by atoms with E-state index in [-0.39, 0.29) is 18.6 Å². The Balaban J connectivity index is 1.58. The number of nitrogens with zero attached hydrogens (tertiary/aromatic N) is 2. The number of benzene rings is 2. The number of carbonyl (C=O) groups is 2. The average Bonchev–Trinajstić information content (AvgIpc) is 3.23. The zero-order valence-corrected chi connectivity index (χ0v) is 20.3. The van der Waals surface area contributed by atoms with Crippen LogP contribution in [0.3, 0.4) is 0 Å². The third-order valence-corrected chi connectivity index (χ3v) is 6.76. The summed E-state index contributed by atoms with van der Waals surface area (Å²) in [6.07, 6.45) is 1.16. The largest absolute Gasteiger partial charge is 0.444 e. The fraction of sp³-hybridized carbons (Fsp3) is 0.481. The van der Waals surface area contributed by atoms with E-state index in [2.05, 4.69) is 16.3 Å². The van der Waals surface area contributed by atoms with Gasteiger partial charge in [0.1, 0.15) is 11.1 Å². The highest BCUT2D eigenvalue weighted by Crippen LogP contribution is 2.43. The summed E-state index contributed by atoms with van der Waals surface area (Å²) in [6.45, 7) is 7.52. The number of piperazine rings is 1. The molecule has 182 valence electrons. The van der Waals surface area contributed by atoms with Gasteiger partial charge in [0, 0.05) is 26.2 Å². The third-order valence-electron chi connectivity index (χ3n) is 6.76. The van der Waals surface area contributed by atoms with E-state index >= 15 is 0 Å². The summed E-state index contributed by atoms with van der Waals surface area (Å²) < 4.78 is 5.54. The lowest BCUT2D eigenvalue weighted by atomic mass is 9.87. The van der Waals surface area contributed by atoms with Gasteiger partial charge in [0.2, 0.25) is 5.91 Å². The molecular weight excluding hydrogens is 430 g/mol. The molecule has 0 saturated carbocycles. The Morgan fingerprint density at radius 2 is 1.68 bits per heavy atom. The minimum absolute atomic E-state index is 0.105. The van der Waals surface area contributed by atoms with Crippen LogP contribution in [-0.4, -0.2) is 65.3 Å². The van der Waals surface area contributed by atoms with Crippen LogP contribution in [-0.2, 0) is 21.5 Å². The first-order valence-corrected chi connectivity index (χ1v) is 12.0. The molecule has 1 aliphatic carbocycles. The standard InChI is InChI=1S/C27H35N3O4/c1-26(2,3)34-25(33)29-15-17-30(18-16-29)27(14-13-20-9-7-8-12-22(20)27)24(32)28-23(19-31)21-10-5-4-6-11-21/h4-12,23,31H,13-19H2,1-3H3,(H,28,32)/t23-,27+/m1/s1. The molecule has 2 atom stereocenters. The Morgan fingerprint density at radius 1 is 1.03 bits per heavy atom. The molecule has 0 spiro atoms. The molecule has 1 aliphatic heterocycles. The fourth-order valence-corrected chi connectivity index (χ4v) is 5.09. The second kappa shape index (κ2) is 9.76. The number of amides is 2. The molecule has 2 aromatic rings. The molecular formula is C27H35N3O4. The van der Waals surface area contributed by atoms with Gasteiger partial charge < -0.3 is 20.1 Å². The van der Waals surface area contributed by atoms with Gasteiger partial charge in [-0.1, -0.05) is 54.6 Å². The molecule has 0 unspecified atom stereocenters. The molecule has 4 rings (SSSR count). The topological polar surface area (TPSA) is 82.1 Å². The molecule has 2 N–H and O–H groups in total. The van der Waals surface area contributed by atoms with Crippen molar-refractivity contribution in [3.05, 3.63) is 71.3 Å². The molecule has 2 aromatic carbocycles. The van der Waals surface area contributed by atoms with E-state index in [1.807, 2.05) is 69.3 Å².